The smallest absolute Gasteiger partial charge is 0.147 e. The van der Waals surface area contributed by atoms with Crippen molar-refractivity contribution in [2.45, 2.75) is 26.1 Å². The van der Waals surface area contributed by atoms with Gasteiger partial charge in [0.1, 0.15) is 5.82 Å². The summed E-state index contributed by atoms with van der Waals surface area (Å²) in [4.78, 5) is 13.6. The molecule has 168 valence electrons. The molecule has 0 spiro atoms. The van der Waals surface area contributed by atoms with Crippen LogP contribution in [0.3, 0.4) is 0 Å². The molecule has 1 N–H and O–H groups in total. The van der Waals surface area contributed by atoms with Gasteiger partial charge >= 0.3 is 0 Å². The van der Waals surface area contributed by atoms with E-state index in [1.807, 2.05) is 47.4 Å². The van der Waals surface area contributed by atoms with Crippen molar-refractivity contribution in [3.63, 3.8) is 0 Å². The largest absolute Gasteiger partial charge is 0.392 e. The molecule has 0 saturated carbocycles. The second kappa shape index (κ2) is 9.52. The fourth-order valence-electron chi connectivity index (χ4n) is 4.48. The first kappa shape index (κ1) is 21.3. The molecule has 1 aliphatic heterocycles. The summed E-state index contributed by atoms with van der Waals surface area (Å²) in [5, 5.41) is 14.1. The highest BCUT2D eigenvalue weighted by molar-refractivity contribution is 5.39. The number of piperazine rings is 1. The Kier molecular flexibility index (Phi) is 6.15. The Bertz CT molecular complexity index is 1180. The van der Waals surface area contributed by atoms with Crippen LogP contribution in [0.15, 0.2) is 79.4 Å². The molecular weight excluding hydrogens is 412 g/mol. The first-order valence-corrected chi connectivity index (χ1v) is 11.3. The van der Waals surface area contributed by atoms with Crippen LogP contribution < -0.4 is 4.90 Å². The van der Waals surface area contributed by atoms with Gasteiger partial charge in [-0.1, -0.05) is 42.5 Å². The highest BCUT2D eigenvalue weighted by Gasteiger charge is 2.30. The van der Waals surface area contributed by atoms with Crippen LogP contribution in [0.2, 0.25) is 0 Å². The minimum Gasteiger partial charge on any atom is -0.392 e. The topological polar surface area (TPSA) is 70.3 Å². The summed E-state index contributed by atoms with van der Waals surface area (Å²) >= 11 is 0. The summed E-state index contributed by atoms with van der Waals surface area (Å²) in [6.07, 6.45) is 7.27. The van der Waals surface area contributed by atoms with E-state index in [0.29, 0.717) is 0 Å². The SMILES string of the molecule is Cc1c(CN2CCN(c3cnccn3)CC2c2ccc(CO)cc2)cnn1-c1ccccc1. The Hall–Kier alpha value is -3.55. The maximum absolute atomic E-state index is 9.46. The van der Waals surface area contributed by atoms with Gasteiger partial charge in [0.25, 0.3) is 0 Å². The van der Waals surface area contributed by atoms with Gasteiger partial charge in [-0.15, -0.1) is 0 Å². The van der Waals surface area contributed by atoms with Crippen LogP contribution in [0, 0.1) is 6.92 Å². The van der Waals surface area contributed by atoms with Crippen molar-refractivity contribution in [3.05, 3.63) is 102 Å². The molecule has 1 atom stereocenters. The molecule has 33 heavy (non-hydrogen) atoms. The fourth-order valence-corrected chi connectivity index (χ4v) is 4.48. The molecule has 0 bridgehead atoms. The van der Waals surface area contributed by atoms with Gasteiger partial charge in [0.2, 0.25) is 0 Å². The average molecular weight is 441 g/mol. The molecule has 3 heterocycles. The van der Waals surface area contributed by atoms with Gasteiger partial charge in [-0.3, -0.25) is 9.88 Å². The van der Waals surface area contributed by atoms with E-state index in [2.05, 4.69) is 56.1 Å². The lowest BCUT2D eigenvalue weighted by Crippen LogP contribution is -2.48. The number of nitrogens with zero attached hydrogens (tertiary/aromatic N) is 6. The first-order valence-electron chi connectivity index (χ1n) is 11.3. The number of aliphatic hydroxyl groups is 1. The third kappa shape index (κ3) is 4.51. The molecule has 1 saturated heterocycles. The van der Waals surface area contributed by atoms with Crippen molar-refractivity contribution in [1.82, 2.24) is 24.6 Å². The number of para-hydroxylation sites is 1. The Morgan fingerprint density at radius 3 is 2.52 bits per heavy atom. The van der Waals surface area contributed by atoms with Crippen molar-refractivity contribution >= 4 is 5.82 Å². The molecule has 1 unspecified atom stereocenters. The molecule has 0 amide bonds. The van der Waals surface area contributed by atoms with Crippen LogP contribution in [-0.2, 0) is 13.2 Å². The highest BCUT2D eigenvalue weighted by Crippen LogP contribution is 2.30. The first-order chi connectivity index (χ1) is 16.2. The summed E-state index contributed by atoms with van der Waals surface area (Å²) in [6, 6.07) is 18.7. The third-order valence-electron chi connectivity index (χ3n) is 6.40. The number of rotatable bonds is 6. The number of aromatic nitrogens is 4. The number of hydrogen-bond acceptors (Lipinski definition) is 6. The Morgan fingerprint density at radius 1 is 0.970 bits per heavy atom. The van der Waals surface area contributed by atoms with E-state index in [1.165, 1.54) is 11.1 Å². The predicted molar refractivity (Wildman–Crippen MR) is 128 cm³/mol. The van der Waals surface area contributed by atoms with Crippen LogP contribution in [0.4, 0.5) is 5.82 Å². The van der Waals surface area contributed by atoms with Crippen LogP contribution in [0.5, 0.6) is 0 Å². The molecular formula is C26H28N6O. The van der Waals surface area contributed by atoms with Crippen LogP contribution in [0.25, 0.3) is 5.69 Å². The van der Waals surface area contributed by atoms with E-state index < -0.39 is 0 Å². The third-order valence-corrected chi connectivity index (χ3v) is 6.40. The second-order valence-corrected chi connectivity index (χ2v) is 8.40. The van der Waals surface area contributed by atoms with Crippen molar-refractivity contribution in [1.29, 1.82) is 0 Å². The predicted octanol–water partition coefficient (Wildman–Crippen LogP) is 3.53. The number of aliphatic hydroxyl groups excluding tert-OH is 1. The molecule has 4 aromatic rings. The van der Waals surface area contributed by atoms with E-state index in [9.17, 15) is 5.11 Å². The molecule has 7 nitrogen and oxygen atoms in total. The summed E-state index contributed by atoms with van der Waals surface area (Å²) in [5.74, 6) is 0.905. The molecule has 1 aliphatic rings. The molecule has 5 rings (SSSR count). The van der Waals surface area contributed by atoms with Gasteiger partial charge in [-0.2, -0.15) is 5.10 Å². The number of hydrogen-bond donors (Lipinski definition) is 1. The highest BCUT2D eigenvalue weighted by atomic mass is 16.3. The minimum absolute atomic E-state index is 0.0538. The van der Waals surface area contributed by atoms with Gasteiger partial charge in [0.05, 0.1) is 30.7 Å². The lowest BCUT2D eigenvalue weighted by Gasteiger charge is -2.42. The van der Waals surface area contributed by atoms with Gasteiger partial charge in [-0.25, -0.2) is 9.67 Å². The molecule has 0 aliphatic carbocycles. The minimum atomic E-state index is 0.0538. The molecule has 2 aromatic carbocycles. The molecule has 0 radical (unpaired) electrons. The van der Waals surface area contributed by atoms with Crippen molar-refractivity contribution in [3.8, 4) is 5.69 Å². The zero-order valence-corrected chi connectivity index (χ0v) is 18.7. The number of anilines is 1. The maximum atomic E-state index is 9.46. The van der Waals surface area contributed by atoms with E-state index in [4.69, 9.17) is 0 Å². The van der Waals surface area contributed by atoms with Crippen LogP contribution in [-0.4, -0.2) is 49.4 Å². The lowest BCUT2D eigenvalue weighted by molar-refractivity contribution is 0.168. The fraction of sp³-hybridized carbons (Fsp3) is 0.269. The summed E-state index contributed by atoms with van der Waals surface area (Å²) in [5.41, 5.74) is 5.61. The van der Waals surface area contributed by atoms with E-state index in [-0.39, 0.29) is 12.6 Å². The molecule has 2 aromatic heterocycles. The Balaban J connectivity index is 1.42. The van der Waals surface area contributed by atoms with Crippen molar-refractivity contribution in [2.75, 3.05) is 24.5 Å². The zero-order chi connectivity index (χ0) is 22.6. The maximum Gasteiger partial charge on any atom is 0.147 e. The lowest BCUT2D eigenvalue weighted by atomic mass is 10.00. The summed E-state index contributed by atoms with van der Waals surface area (Å²) in [6.45, 7) is 5.62. The van der Waals surface area contributed by atoms with Crippen molar-refractivity contribution in [2.24, 2.45) is 0 Å². The van der Waals surface area contributed by atoms with Gasteiger partial charge in [0.15, 0.2) is 0 Å². The van der Waals surface area contributed by atoms with E-state index in [0.717, 1.165) is 48.9 Å². The Morgan fingerprint density at radius 2 is 1.79 bits per heavy atom. The second-order valence-electron chi connectivity index (χ2n) is 8.40. The quantitative estimate of drug-likeness (QED) is 0.495. The average Bonchev–Trinajstić information content (AvgIpc) is 3.25. The molecule has 1 fully saturated rings. The van der Waals surface area contributed by atoms with E-state index in [1.54, 1.807) is 12.4 Å². The van der Waals surface area contributed by atoms with Crippen LogP contribution in [0.1, 0.15) is 28.4 Å². The zero-order valence-electron chi connectivity index (χ0n) is 18.7. The normalized spacial score (nSPS) is 16.8. The van der Waals surface area contributed by atoms with Crippen molar-refractivity contribution < 1.29 is 5.11 Å². The Labute approximate surface area is 194 Å². The summed E-state index contributed by atoms with van der Waals surface area (Å²) < 4.78 is 2.01. The van der Waals surface area contributed by atoms with Gasteiger partial charge in [-0.05, 0) is 30.2 Å². The van der Waals surface area contributed by atoms with Gasteiger partial charge < -0.3 is 10.0 Å². The van der Waals surface area contributed by atoms with Crippen LogP contribution >= 0.6 is 0 Å². The standard InChI is InChI=1S/C26H28N6O/c1-20-23(15-29-32(20)24-5-3-2-4-6-24)17-30-13-14-31(26-16-27-11-12-28-26)18-25(30)22-9-7-21(19-33)8-10-22/h2-12,15-16,25,33H,13-14,17-19H2,1H3. The number of benzene rings is 2. The molecule has 7 heteroatoms. The van der Waals surface area contributed by atoms with Gasteiger partial charge in [0, 0.05) is 49.8 Å². The summed E-state index contributed by atoms with van der Waals surface area (Å²) in [7, 11) is 0. The van der Waals surface area contributed by atoms with E-state index >= 15 is 0 Å². The monoisotopic (exact) mass is 440 g/mol.